The number of anilines is 1. The summed E-state index contributed by atoms with van der Waals surface area (Å²) in [7, 11) is -2.14. The molecule has 5 rings (SSSR count). The van der Waals surface area contributed by atoms with Crippen molar-refractivity contribution >= 4 is 26.5 Å². The van der Waals surface area contributed by atoms with E-state index in [2.05, 4.69) is 16.1 Å². The Morgan fingerprint density at radius 1 is 1.14 bits per heavy atom. The smallest absolute Gasteiger partial charge is 0.244 e. The van der Waals surface area contributed by atoms with Gasteiger partial charge in [-0.25, -0.2) is 18.1 Å². The van der Waals surface area contributed by atoms with Crippen LogP contribution in [-0.4, -0.2) is 39.7 Å². The number of hydrogen-bond donors (Lipinski definition) is 2. The molecule has 7 nitrogen and oxygen atoms in total. The summed E-state index contributed by atoms with van der Waals surface area (Å²) >= 11 is 1.71. The summed E-state index contributed by atoms with van der Waals surface area (Å²) in [6.45, 7) is 3.39. The van der Waals surface area contributed by atoms with Gasteiger partial charge in [-0.15, -0.1) is 11.3 Å². The molecule has 186 valence electrons. The summed E-state index contributed by atoms with van der Waals surface area (Å²) in [5, 5.41) is 4.49. The van der Waals surface area contributed by atoms with Crippen LogP contribution in [0.2, 0.25) is 0 Å². The van der Waals surface area contributed by atoms with Crippen molar-refractivity contribution in [1.82, 2.24) is 9.71 Å². The molecule has 1 aliphatic heterocycles. The number of aryl methyl sites for hydroxylation is 1. The van der Waals surface area contributed by atoms with Crippen molar-refractivity contribution in [3.63, 3.8) is 0 Å². The molecule has 2 aliphatic rings. The van der Waals surface area contributed by atoms with Crippen molar-refractivity contribution < 1.29 is 17.9 Å². The zero-order chi connectivity index (χ0) is 24.4. The first kappa shape index (κ1) is 24.1. The van der Waals surface area contributed by atoms with Crippen LogP contribution >= 0.6 is 11.3 Å². The van der Waals surface area contributed by atoms with Gasteiger partial charge in [-0.2, -0.15) is 0 Å². The Bertz CT molecular complexity index is 1300. The number of aromatic nitrogens is 1. The summed E-state index contributed by atoms with van der Waals surface area (Å²) in [6, 6.07) is 13.2. The Hall–Kier alpha value is -2.62. The van der Waals surface area contributed by atoms with Crippen molar-refractivity contribution in [2.24, 2.45) is 5.92 Å². The Morgan fingerprint density at radius 2 is 1.94 bits per heavy atom. The highest BCUT2D eigenvalue weighted by molar-refractivity contribution is 7.89. The van der Waals surface area contributed by atoms with Crippen molar-refractivity contribution in [1.29, 1.82) is 0 Å². The molecule has 0 unspecified atom stereocenters. The zero-order valence-electron chi connectivity index (χ0n) is 20.0. The van der Waals surface area contributed by atoms with Gasteiger partial charge in [0.1, 0.15) is 16.4 Å². The third-order valence-electron chi connectivity index (χ3n) is 6.75. The molecular weight excluding hydrogens is 482 g/mol. The lowest BCUT2D eigenvalue weighted by Crippen LogP contribution is -2.38. The van der Waals surface area contributed by atoms with E-state index in [4.69, 9.17) is 14.5 Å². The van der Waals surface area contributed by atoms with E-state index in [-0.39, 0.29) is 10.9 Å². The lowest BCUT2D eigenvalue weighted by atomic mass is 9.86. The molecule has 0 atom stereocenters. The summed E-state index contributed by atoms with van der Waals surface area (Å²) in [6.07, 6.45) is 4.43. The largest absolute Gasteiger partial charge is 0.495 e. The minimum absolute atomic E-state index is 0.0612. The summed E-state index contributed by atoms with van der Waals surface area (Å²) in [5.74, 6) is 1.76. The van der Waals surface area contributed by atoms with Gasteiger partial charge in [0.25, 0.3) is 0 Å². The normalized spacial score (nSPS) is 19.7. The van der Waals surface area contributed by atoms with Gasteiger partial charge in [-0.1, -0.05) is 18.2 Å². The predicted molar refractivity (Wildman–Crippen MR) is 139 cm³/mol. The van der Waals surface area contributed by atoms with Crippen molar-refractivity contribution in [2.75, 3.05) is 25.6 Å². The van der Waals surface area contributed by atoms with Crippen molar-refractivity contribution in [3.05, 3.63) is 52.9 Å². The number of nitrogens with one attached hydrogen (secondary N) is 2. The van der Waals surface area contributed by atoms with Gasteiger partial charge >= 0.3 is 0 Å². The quantitative estimate of drug-likeness (QED) is 0.462. The summed E-state index contributed by atoms with van der Waals surface area (Å²) < 4.78 is 40.1. The van der Waals surface area contributed by atoms with Crippen LogP contribution in [0.5, 0.6) is 11.5 Å². The van der Waals surface area contributed by atoms with Gasteiger partial charge in [0.05, 0.1) is 19.4 Å². The maximum Gasteiger partial charge on any atom is 0.244 e. The second kappa shape index (κ2) is 10.2. The first-order chi connectivity index (χ1) is 16.9. The fourth-order valence-electron chi connectivity index (χ4n) is 4.84. The number of thiazole rings is 1. The molecule has 1 fully saturated rings. The first-order valence-corrected chi connectivity index (χ1v) is 14.4. The Balaban J connectivity index is 1.17. The highest BCUT2D eigenvalue weighted by atomic mass is 32.2. The number of para-hydroxylation sites is 1. The average Bonchev–Trinajstić information content (AvgIpc) is 3.18. The van der Waals surface area contributed by atoms with E-state index in [1.54, 1.807) is 23.5 Å². The number of nitrogens with zero attached hydrogens (tertiary/aromatic N) is 1. The van der Waals surface area contributed by atoms with Crippen molar-refractivity contribution in [2.45, 2.75) is 50.0 Å². The monoisotopic (exact) mass is 513 g/mol. The Kier molecular flexibility index (Phi) is 7.00. The molecule has 1 saturated carbocycles. The maximum absolute atomic E-state index is 13.0. The fourth-order valence-corrected chi connectivity index (χ4v) is 7.36. The van der Waals surface area contributed by atoms with Crippen LogP contribution < -0.4 is 19.5 Å². The third kappa shape index (κ3) is 5.32. The molecule has 0 saturated heterocycles. The minimum Gasteiger partial charge on any atom is -0.495 e. The number of hydrogen-bond acceptors (Lipinski definition) is 7. The summed E-state index contributed by atoms with van der Waals surface area (Å²) in [4.78, 5) is 6.34. The van der Waals surface area contributed by atoms with E-state index < -0.39 is 10.0 Å². The molecule has 3 aromatic rings. The highest BCUT2D eigenvalue weighted by Gasteiger charge is 2.28. The van der Waals surface area contributed by atoms with Crippen molar-refractivity contribution in [3.8, 4) is 22.8 Å². The molecular formula is C26H31N3O4S2. The highest BCUT2D eigenvalue weighted by Crippen LogP contribution is 2.39. The molecule has 2 aromatic carbocycles. The molecule has 1 aliphatic carbocycles. The van der Waals surface area contributed by atoms with Crippen LogP contribution in [0.4, 0.5) is 5.13 Å². The minimum atomic E-state index is -3.64. The van der Waals surface area contributed by atoms with Crippen LogP contribution in [0.15, 0.2) is 47.4 Å². The second-order valence-corrected chi connectivity index (χ2v) is 12.0. The van der Waals surface area contributed by atoms with E-state index in [0.29, 0.717) is 18.3 Å². The standard InChI is InChI=1S/C26H31N3O4S2/c1-17-7-12-22(32-2)24(15-17)35(30,31)29-19-10-8-18(9-11-19)16-27-26-28-25-20-5-3-4-6-21(20)33-14-13-23(25)34-26/h3-7,12,15,18-19,29H,8-11,13-14,16H2,1-2H3,(H,27,28)/t18-,19-. The van der Waals surface area contributed by atoms with Crippen LogP contribution in [-0.2, 0) is 16.4 Å². The number of fused-ring (bicyclic) bond motifs is 3. The van der Waals surface area contributed by atoms with Gasteiger partial charge in [0.15, 0.2) is 5.13 Å². The molecule has 1 aromatic heterocycles. The van der Waals surface area contributed by atoms with Gasteiger partial charge in [0.2, 0.25) is 10.0 Å². The molecule has 35 heavy (non-hydrogen) atoms. The molecule has 0 bridgehead atoms. The zero-order valence-corrected chi connectivity index (χ0v) is 21.7. The Morgan fingerprint density at radius 3 is 2.74 bits per heavy atom. The van der Waals surface area contributed by atoms with E-state index in [9.17, 15) is 8.42 Å². The second-order valence-electron chi connectivity index (χ2n) is 9.26. The van der Waals surface area contributed by atoms with Gasteiger partial charge in [-0.3, -0.25) is 0 Å². The molecule has 2 heterocycles. The van der Waals surface area contributed by atoms with Gasteiger partial charge in [0, 0.05) is 29.4 Å². The number of methoxy groups -OCH3 is 1. The number of ether oxygens (including phenoxy) is 2. The van der Waals surface area contributed by atoms with E-state index >= 15 is 0 Å². The number of rotatable bonds is 7. The van der Waals surface area contributed by atoms with Crippen LogP contribution in [0.25, 0.3) is 11.3 Å². The van der Waals surface area contributed by atoms with E-state index in [1.807, 2.05) is 31.2 Å². The third-order valence-corrected chi connectivity index (χ3v) is 9.36. The fraction of sp³-hybridized carbons (Fsp3) is 0.423. The van der Waals surface area contributed by atoms with Gasteiger partial charge in [-0.05, 0) is 68.4 Å². The molecule has 0 amide bonds. The van der Waals surface area contributed by atoms with Crippen LogP contribution in [0.1, 0.15) is 36.1 Å². The molecule has 0 spiro atoms. The van der Waals surface area contributed by atoms with E-state index in [1.165, 1.54) is 12.0 Å². The van der Waals surface area contributed by atoms with Gasteiger partial charge < -0.3 is 14.8 Å². The predicted octanol–water partition coefficient (Wildman–Crippen LogP) is 5.01. The first-order valence-electron chi connectivity index (χ1n) is 12.1. The molecule has 0 radical (unpaired) electrons. The van der Waals surface area contributed by atoms with E-state index in [0.717, 1.165) is 66.4 Å². The van der Waals surface area contributed by atoms with Crippen LogP contribution in [0, 0.1) is 12.8 Å². The number of benzene rings is 2. The molecule has 9 heteroatoms. The average molecular weight is 514 g/mol. The molecule has 2 N–H and O–H groups in total. The maximum atomic E-state index is 13.0. The lowest BCUT2D eigenvalue weighted by molar-refractivity contribution is 0.323. The van der Waals surface area contributed by atoms with Crippen LogP contribution in [0.3, 0.4) is 0 Å². The summed E-state index contributed by atoms with van der Waals surface area (Å²) in [5.41, 5.74) is 2.97. The lowest BCUT2D eigenvalue weighted by Gasteiger charge is -2.29. The Labute approximate surface area is 210 Å². The topological polar surface area (TPSA) is 89.6 Å². The SMILES string of the molecule is COc1ccc(C)cc1S(=O)(=O)N[C@H]1CC[C@H](CNc2nc3c(s2)CCOc2ccccc2-3)CC1. The number of sulfonamides is 1.